The van der Waals surface area contributed by atoms with E-state index < -0.39 is 0 Å². The molecule has 1 aliphatic carbocycles. The van der Waals surface area contributed by atoms with Gasteiger partial charge in [-0.2, -0.15) is 0 Å². The fourth-order valence-electron chi connectivity index (χ4n) is 3.26. The summed E-state index contributed by atoms with van der Waals surface area (Å²) in [6, 6.07) is 4.00. The number of allylic oxidation sites excluding steroid dienone is 6. The smallest absolute Gasteiger partial charge is 0.138 e. The summed E-state index contributed by atoms with van der Waals surface area (Å²) in [4.78, 5) is 0. The molecule has 0 saturated carbocycles. The normalized spacial score (nSPS) is 16.5. The number of rotatable bonds is 4. The Morgan fingerprint density at radius 2 is 2.00 bits per heavy atom. The Bertz CT molecular complexity index is 690. The molecule has 0 bridgehead atoms. The molecule has 0 spiro atoms. The number of aromatic hydroxyl groups is 1. The van der Waals surface area contributed by atoms with Crippen molar-refractivity contribution in [1.29, 1.82) is 0 Å². The predicted molar refractivity (Wildman–Crippen MR) is 91.0 cm³/mol. The van der Waals surface area contributed by atoms with E-state index in [4.69, 9.17) is 4.74 Å². The van der Waals surface area contributed by atoms with Gasteiger partial charge in [0.05, 0.1) is 5.56 Å². The van der Waals surface area contributed by atoms with Gasteiger partial charge in [0, 0.05) is 5.57 Å². The zero-order valence-corrected chi connectivity index (χ0v) is 13.7. The number of aryl methyl sites for hydroxylation is 1. The van der Waals surface area contributed by atoms with Gasteiger partial charge < -0.3 is 9.84 Å². The number of unbranched alkanes of at least 4 members (excludes halogenated alkanes) is 2. The molecule has 1 aliphatic heterocycles. The highest BCUT2D eigenvalue weighted by Gasteiger charge is 2.27. The van der Waals surface area contributed by atoms with E-state index in [0.717, 1.165) is 47.5 Å². The van der Waals surface area contributed by atoms with Crippen molar-refractivity contribution in [2.45, 2.75) is 52.9 Å². The second-order valence-electron chi connectivity index (χ2n) is 6.29. The molecular formula is C20H24O2. The first kappa shape index (κ1) is 15.0. The Kier molecular flexibility index (Phi) is 4.10. The summed E-state index contributed by atoms with van der Waals surface area (Å²) >= 11 is 0. The Balaban J connectivity index is 2.00. The van der Waals surface area contributed by atoms with Gasteiger partial charge in [0.1, 0.15) is 17.3 Å². The van der Waals surface area contributed by atoms with Crippen LogP contribution in [0.25, 0.3) is 5.57 Å². The summed E-state index contributed by atoms with van der Waals surface area (Å²) in [6.07, 6.45) is 9.80. The standard InChI is InChI=1S/C20H24O2/c1-4-5-6-7-15-11-18(21)20-17-10-13(2)8-9-16(17)14(3)22-19(20)12-15/h8,10-12,21H,4-7,9H2,1-3H3. The summed E-state index contributed by atoms with van der Waals surface area (Å²) in [5.74, 6) is 2.09. The van der Waals surface area contributed by atoms with Crippen LogP contribution in [0.15, 0.2) is 41.2 Å². The van der Waals surface area contributed by atoms with E-state index in [-0.39, 0.29) is 0 Å². The maximum atomic E-state index is 10.5. The lowest BCUT2D eigenvalue weighted by atomic mass is 9.85. The van der Waals surface area contributed by atoms with Crippen molar-refractivity contribution in [2.24, 2.45) is 0 Å². The van der Waals surface area contributed by atoms with Crippen LogP contribution in [0.2, 0.25) is 0 Å². The lowest BCUT2D eigenvalue weighted by molar-refractivity contribution is 0.405. The number of benzene rings is 1. The second-order valence-corrected chi connectivity index (χ2v) is 6.29. The van der Waals surface area contributed by atoms with Gasteiger partial charge in [-0.25, -0.2) is 0 Å². The molecule has 0 unspecified atom stereocenters. The minimum atomic E-state index is 0.343. The molecular weight excluding hydrogens is 272 g/mol. The molecule has 22 heavy (non-hydrogen) atoms. The predicted octanol–water partition coefficient (Wildman–Crippen LogP) is 5.52. The maximum absolute atomic E-state index is 10.5. The Morgan fingerprint density at radius 3 is 2.77 bits per heavy atom. The molecule has 2 nitrogen and oxygen atoms in total. The van der Waals surface area contributed by atoms with Crippen LogP contribution in [0.5, 0.6) is 11.5 Å². The molecule has 1 N–H and O–H groups in total. The van der Waals surface area contributed by atoms with Crippen molar-refractivity contribution >= 4 is 5.57 Å². The van der Waals surface area contributed by atoms with Crippen LogP contribution in [0.3, 0.4) is 0 Å². The summed E-state index contributed by atoms with van der Waals surface area (Å²) in [6.45, 7) is 6.32. The van der Waals surface area contributed by atoms with Crippen LogP contribution >= 0.6 is 0 Å². The molecule has 1 aromatic rings. The SMILES string of the molecule is CCCCCc1cc(O)c2c(c1)OC(C)=C1CC=C(C)C=C12. The van der Waals surface area contributed by atoms with Crippen LogP contribution < -0.4 is 4.74 Å². The van der Waals surface area contributed by atoms with Gasteiger partial charge in [0.25, 0.3) is 0 Å². The van der Waals surface area contributed by atoms with Gasteiger partial charge >= 0.3 is 0 Å². The highest BCUT2D eigenvalue weighted by Crippen LogP contribution is 2.47. The van der Waals surface area contributed by atoms with Crippen molar-refractivity contribution < 1.29 is 9.84 Å². The molecule has 2 aliphatic rings. The summed E-state index contributed by atoms with van der Waals surface area (Å²) < 4.78 is 6.01. The topological polar surface area (TPSA) is 29.5 Å². The largest absolute Gasteiger partial charge is 0.507 e. The van der Waals surface area contributed by atoms with Crippen molar-refractivity contribution in [3.8, 4) is 11.5 Å². The van der Waals surface area contributed by atoms with E-state index in [0.29, 0.717) is 5.75 Å². The Hall–Kier alpha value is -1.96. The Labute approximate surface area is 132 Å². The van der Waals surface area contributed by atoms with E-state index >= 15 is 0 Å². The molecule has 0 radical (unpaired) electrons. The minimum Gasteiger partial charge on any atom is -0.507 e. The molecule has 0 amide bonds. The van der Waals surface area contributed by atoms with E-state index in [1.165, 1.54) is 24.0 Å². The van der Waals surface area contributed by atoms with E-state index in [1.54, 1.807) is 0 Å². The summed E-state index contributed by atoms with van der Waals surface area (Å²) in [5, 5.41) is 10.5. The second kappa shape index (κ2) is 6.04. The van der Waals surface area contributed by atoms with Crippen LogP contribution in [0.1, 0.15) is 57.6 Å². The van der Waals surface area contributed by atoms with Gasteiger partial charge in [0.15, 0.2) is 0 Å². The van der Waals surface area contributed by atoms with Crippen LogP contribution in [-0.4, -0.2) is 5.11 Å². The fourth-order valence-corrected chi connectivity index (χ4v) is 3.26. The number of hydrogen-bond acceptors (Lipinski definition) is 2. The molecule has 116 valence electrons. The first-order chi connectivity index (χ1) is 10.6. The highest BCUT2D eigenvalue weighted by molar-refractivity contribution is 5.90. The quantitative estimate of drug-likeness (QED) is 0.741. The van der Waals surface area contributed by atoms with Gasteiger partial charge in [-0.1, -0.05) is 37.5 Å². The summed E-state index contributed by atoms with van der Waals surface area (Å²) in [7, 11) is 0. The lowest BCUT2D eigenvalue weighted by Gasteiger charge is -2.27. The fraction of sp³-hybridized carbons (Fsp3) is 0.400. The number of phenolic OH excluding ortho intramolecular Hbond substituents is 1. The molecule has 1 heterocycles. The first-order valence-corrected chi connectivity index (χ1v) is 8.23. The highest BCUT2D eigenvalue weighted by atomic mass is 16.5. The number of phenols is 1. The molecule has 3 rings (SSSR count). The van der Waals surface area contributed by atoms with Crippen molar-refractivity contribution in [3.05, 3.63) is 52.3 Å². The number of ether oxygens (including phenoxy) is 1. The van der Waals surface area contributed by atoms with Crippen LogP contribution in [0.4, 0.5) is 0 Å². The van der Waals surface area contributed by atoms with E-state index in [9.17, 15) is 5.11 Å². The zero-order chi connectivity index (χ0) is 15.7. The van der Waals surface area contributed by atoms with Crippen molar-refractivity contribution in [3.63, 3.8) is 0 Å². The average molecular weight is 296 g/mol. The zero-order valence-electron chi connectivity index (χ0n) is 13.7. The third-order valence-corrected chi connectivity index (χ3v) is 4.49. The molecule has 0 atom stereocenters. The lowest BCUT2D eigenvalue weighted by Crippen LogP contribution is -2.10. The third-order valence-electron chi connectivity index (χ3n) is 4.49. The van der Waals surface area contributed by atoms with Crippen molar-refractivity contribution in [1.82, 2.24) is 0 Å². The maximum Gasteiger partial charge on any atom is 0.138 e. The van der Waals surface area contributed by atoms with Gasteiger partial charge in [-0.15, -0.1) is 0 Å². The van der Waals surface area contributed by atoms with E-state index in [2.05, 4.69) is 32.1 Å². The summed E-state index contributed by atoms with van der Waals surface area (Å²) in [5.41, 5.74) is 5.56. The average Bonchev–Trinajstić information content (AvgIpc) is 2.46. The monoisotopic (exact) mass is 296 g/mol. The minimum absolute atomic E-state index is 0.343. The van der Waals surface area contributed by atoms with Crippen molar-refractivity contribution in [2.75, 3.05) is 0 Å². The van der Waals surface area contributed by atoms with Gasteiger partial charge in [-0.3, -0.25) is 0 Å². The number of fused-ring (bicyclic) bond motifs is 3. The van der Waals surface area contributed by atoms with Gasteiger partial charge in [-0.05, 0) is 56.4 Å². The van der Waals surface area contributed by atoms with Crippen LogP contribution in [0, 0.1) is 0 Å². The molecule has 0 aromatic heterocycles. The van der Waals surface area contributed by atoms with Gasteiger partial charge in [0.2, 0.25) is 0 Å². The molecule has 0 fully saturated rings. The molecule has 1 aromatic carbocycles. The molecule has 0 saturated heterocycles. The Morgan fingerprint density at radius 1 is 1.18 bits per heavy atom. The number of hydrogen-bond donors (Lipinski definition) is 1. The van der Waals surface area contributed by atoms with Crippen LogP contribution in [-0.2, 0) is 6.42 Å². The first-order valence-electron chi connectivity index (χ1n) is 8.23. The van der Waals surface area contributed by atoms with E-state index in [1.807, 2.05) is 13.0 Å². The molecule has 2 heteroatoms. The third kappa shape index (κ3) is 2.70.